The second-order valence-electron chi connectivity index (χ2n) is 6.81. The summed E-state index contributed by atoms with van der Waals surface area (Å²) < 4.78 is 16.1. The molecule has 136 valence electrons. The summed E-state index contributed by atoms with van der Waals surface area (Å²) in [5.74, 6) is -0.0193. The molecule has 2 atom stereocenters. The van der Waals surface area contributed by atoms with E-state index in [-0.39, 0.29) is 17.7 Å². The molecule has 2 aromatic rings. The molecule has 1 fully saturated rings. The molecular weight excluding hydrogens is 339 g/mol. The van der Waals surface area contributed by atoms with Gasteiger partial charge in [-0.15, -0.1) is 0 Å². The molecule has 1 aromatic heterocycles. The number of benzene rings is 1. The molecule has 2 aliphatic rings. The van der Waals surface area contributed by atoms with Crippen LogP contribution in [0.5, 0.6) is 0 Å². The van der Waals surface area contributed by atoms with Crippen molar-refractivity contribution >= 4 is 5.91 Å². The summed E-state index contributed by atoms with van der Waals surface area (Å²) in [5, 5.41) is 4.37. The fraction of sp³-hybridized carbons (Fsp3) is 0.444. The number of likely N-dealkylation sites (tertiary alicyclic amines) is 1. The van der Waals surface area contributed by atoms with Gasteiger partial charge < -0.3 is 4.90 Å². The Morgan fingerprint density at radius 3 is 2.81 bits per heavy atom. The number of carbonyl (C=O) groups excluding carboxylic acids is 1. The van der Waals surface area contributed by atoms with E-state index in [0.29, 0.717) is 37.6 Å². The van der Waals surface area contributed by atoms with Gasteiger partial charge in [0, 0.05) is 37.7 Å². The van der Waals surface area contributed by atoms with Gasteiger partial charge in [-0.05, 0) is 37.5 Å². The van der Waals surface area contributed by atoms with E-state index in [1.807, 2.05) is 0 Å². The number of fused-ring (bicyclic) bond motifs is 3. The number of aromatic nitrogens is 3. The number of piperidine rings is 1. The van der Waals surface area contributed by atoms with E-state index < -0.39 is 16.9 Å². The summed E-state index contributed by atoms with van der Waals surface area (Å²) in [5.41, 5.74) is -0.845. The van der Waals surface area contributed by atoms with Crippen LogP contribution < -0.4 is 11.1 Å². The lowest BCUT2D eigenvalue weighted by molar-refractivity contribution is 0.0667. The maximum Gasteiger partial charge on any atom is 0.332 e. The highest BCUT2D eigenvalue weighted by atomic mass is 19.1. The molecule has 26 heavy (non-hydrogen) atoms. The van der Waals surface area contributed by atoms with Crippen LogP contribution in [0.4, 0.5) is 4.39 Å². The van der Waals surface area contributed by atoms with Crippen molar-refractivity contribution < 1.29 is 9.18 Å². The van der Waals surface area contributed by atoms with E-state index in [2.05, 4.69) is 5.10 Å². The van der Waals surface area contributed by atoms with Crippen LogP contribution in [0.2, 0.25) is 0 Å². The third kappa shape index (κ3) is 2.56. The SMILES string of the molecule is CCn1nc2n(c(=O)c1=O)C[C@H]1CCN(C(=O)c3cccc(F)c3)C[C@@H]21. The van der Waals surface area contributed by atoms with Crippen molar-refractivity contribution in [2.24, 2.45) is 5.92 Å². The topological polar surface area (TPSA) is 77.2 Å². The highest BCUT2D eigenvalue weighted by Crippen LogP contribution is 2.37. The van der Waals surface area contributed by atoms with Crippen molar-refractivity contribution in [3.63, 3.8) is 0 Å². The molecule has 0 spiro atoms. The summed E-state index contributed by atoms with van der Waals surface area (Å²) in [4.78, 5) is 38.7. The van der Waals surface area contributed by atoms with Gasteiger partial charge in [-0.25, -0.2) is 9.07 Å². The van der Waals surface area contributed by atoms with Gasteiger partial charge >= 0.3 is 11.1 Å². The predicted molar refractivity (Wildman–Crippen MR) is 91.6 cm³/mol. The minimum Gasteiger partial charge on any atom is -0.338 e. The van der Waals surface area contributed by atoms with Crippen LogP contribution in [0.3, 0.4) is 0 Å². The van der Waals surface area contributed by atoms with E-state index in [4.69, 9.17) is 0 Å². The van der Waals surface area contributed by atoms with Crippen LogP contribution in [-0.2, 0) is 13.1 Å². The minimum absolute atomic E-state index is 0.0904. The number of carbonyl (C=O) groups is 1. The standard InChI is InChI=1S/C18H19FN4O3/c1-2-23-18(26)17(25)22-9-12-6-7-21(10-14(12)15(22)20-23)16(24)11-4-3-5-13(19)8-11/h3-5,8,12,14H,2,6-7,9-10H2,1H3/t12-,14-/m1/s1. The molecule has 1 amide bonds. The van der Waals surface area contributed by atoms with E-state index in [9.17, 15) is 18.8 Å². The Kier molecular flexibility index (Phi) is 3.97. The summed E-state index contributed by atoms with van der Waals surface area (Å²) in [6.45, 7) is 3.50. The summed E-state index contributed by atoms with van der Waals surface area (Å²) in [7, 11) is 0. The molecule has 1 saturated heterocycles. The Morgan fingerprint density at radius 2 is 2.08 bits per heavy atom. The number of rotatable bonds is 2. The molecule has 7 nitrogen and oxygen atoms in total. The second-order valence-corrected chi connectivity index (χ2v) is 6.81. The molecule has 0 N–H and O–H groups in total. The van der Waals surface area contributed by atoms with Gasteiger partial charge in [-0.3, -0.25) is 19.0 Å². The zero-order valence-corrected chi connectivity index (χ0v) is 14.4. The van der Waals surface area contributed by atoms with E-state index in [0.717, 1.165) is 6.42 Å². The highest BCUT2D eigenvalue weighted by Gasteiger charge is 2.41. The van der Waals surface area contributed by atoms with Crippen LogP contribution in [-0.4, -0.2) is 38.2 Å². The van der Waals surface area contributed by atoms with Gasteiger partial charge in [-0.1, -0.05) is 6.07 Å². The first-order chi connectivity index (χ1) is 12.5. The third-order valence-electron chi connectivity index (χ3n) is 5.33. The number of hydrogen-bond donors (Lipinski definition) is 0. The zero-order valence-electron chi connectivity index (χ0n) is 14.4. The molecule has 0 aliphatic carbocycles. The lowest BCUT2D eigenvalue weighted by Crippen LogP contribution is -2.44. The third-order valence-corrected chi connectivity index (χ3v) is 5.33. The lowest BCUT2D eigenvalue weighted by Gasteiger charge is -2.34. The predicted octanol–water partition coefficient (Wildman–Crippen LogP) is 0.823. The molecule has 3 heterocycles. The average Bonchev–Trinajstić information content (AvgIpc) is 3.02. The van der Waals surface area contributed by atoms with Crippen LogP contribution in [0.1, 0.15) is 35.4 Å². The van der Waals surface area contributed by atoms with Crippen molar-refractivity contribution in [1.82, 2.24) is 19.2 Å². The second kappa shape index (κ2) is 6.19. The summed E-state index contributed by atoms with van der Waals surface area (Å²) in [6.07, 6.45) is 0.717. The summed E-state index contributed by atoms with van der Waals surface area (Å²) in [6, 6.07) is 5.64. The number of hydrogen-bond acceptors (Lipinski definition) is 4. The van der Waals surface area contributed by atoms with E-state index in [1.54, 1.807) is 17.9 Å². The average molecular weight is 358 g/mol. The van der Waals surface area contributed by atoms with Crippen LogP contribution in [0.25, 0.3) is 0 Å². The first-order valence-corrected chi connectivity index (χ1v) is 8.76. The van der Waals surface area contributed by atoms with Crippen LogP contribution in [0.15, 0.2) is 33.9 Å². The summed E-state index contributed by atoms with van der Waals surface area (Å²) >= 11 is 0. The molecule has 4 rings (SSSR count). The van der Waals surface area contributed by atoms with Gasteiger partial charge in [0.05, 0.1) is 0 Å². The lowest BCUT2D eigenvalue weighted by atomic mass is 9.87. The first-order valence-electron chi connectivity index (χ1n) is 8.76. The van der Waals surface area contributed by atoms with Crippen molar-refractivity contribution in [3.8, 4) is 0 Å². The van der Waals surface area contributed by atoms with Crippen molar-refractivity contribution in [2.75, 3.05) is 13.1 Å². The Morgan fingerprint density at radius 1 is 1.27 bits per heavy atom. The first kappa shape index (κ1) is 16.7. The molecule has 8 heteroatoms. The van der Waals surface area contributed by atoms with Gasteiger partial charge in [0.15, 0.2) is 0 Å². The Hall–Kier alpha value is -2.77. The number of nitrogens with zero attached hydrogens (tertiary/aromatic N) is 4. The minimum atomic E-state index is -0.609. The fourth-order valence-electron chi connectivity index (χ4n) is 3.95. The zero-order chi connectivity index (χ0) is 18.4. The Balaban J connectivity index is 1.66. The number of halogens is 1. The maximum absolute atomic E-state index is 13.4. The van der Waals surface area contributed by atoms with E-state index >= 15 is 0 Å². The molecule has 0 unspecified atom stereocenters. The largest absolute Gasteiger partial charge is 0.338 e. The molecule has 2 aliphatic heterocycles. The quantitative estimate of drug-likeness (QED) is 0.745. The Labute approximate surface area is 148 Å². The fourth-order valence-corrected chi connectivity index (χ4v) is 3.95. The van der Waals surface area contributed by atoms with Crippen molar-refractivity contribution in [1.29, 1.82) is 0 Å². The number of aryl methyl sites for hydroxylation is 1. The van der Waals surface area contributed by atoms with Gasteiger partial charge in [0.1, 0.15) is 11.6 Å². The molecule has 0 saturated carbocycles. The number of amides is 1. The molecule has 0 bridgehead atoms. The smallest absolute Gasteiger partial charge is 0.332 e. The van der Waals surface area contributed by atoms with Crippen LogP contribution in [0, 0.1) is 11.7 Å². The molecular formula is C18H19FN4O3. The molecule has 0 radical (unpaired) electrons. The normalized spacial score (nSPS) is 21.4. The monoisotopic (exact) mass is 358 g/mol. The molecule has 1 aromatic carbocycles. The highest BCUT2D eigenvalue weighted by molar-refractivity contribution is 5.94. The van der Waals surface area contributed by atoms with Crippen molar-refractivity contribution in [2.45, 2.75) is 32.4 Å². The van der Waals surface area contributed by atoms with Crippen molar-refractivity contribution in [3.05, 3.63) is 62.2 Å². The van der Waals surface area contributed by atoms with E-state index in [1.165, 1.54) is 27.4 Å². The van der Waals surface area contributed by atoms with Gasteiger partial charge in [0.25, 0.3) is 5.91 Å². The Bertz CT molecular complexity index is 997. The van der Waals surface area contributed by atoms with Gasteiger partial charge in [-0.2, -0.15) is 5.10 Å². The van der Waals surface area contributed by atoms with Gasteiger partial charge in [0.2, 0.25) is 0 Å². The maximum atomic E-state index is 13.4. The van der Waals surface area contributed by atoms with Crippen LogP contribution >= 0.6 is 0 Å².